The Balaban J connectivity index is 2.43. The van der Waals surface area contributed by atoms with Gasteiger partial charge in [-0.25, -0.2) is 4.98 Å². The van der Waals surface area contributed by atoms with Gasteiger partial charge in [-0.3, -0.25) is 9.56 Å². The Kier molecular flexibility index (Phi) is 6.98. The molecule has 0 spiro atoms. The first-order valence-electron chi connectivity index (χ1n) is 10.8. The molecule has 1 aliphatic carbocycles. The summed E-state index contributed by atoms with van der Waals surface area (Å²) >= 11 is 0. The first kappa shape index (κ1) is 22.2. The van der Waals surface area contributed by atoms with Gasteiger partial charge in [-0.05, 0) is 59.6 Å². The highest BCUT2D eigenvalue weighted by Gasteiger charge is 2.35. The summed E-state index contributed by atoms with van der Waals surface area (Å²) in [5, 5.41) is 0.969. The minimum atomic E-state index is -3.58. The molecule has 1 aromatic heterocycles. The maximum Gasteiger partial charge on any atom is 0.396 e. The molecule has 0 amide bonds. The van der Waals surface area contributed by atoms with E-state index in [4.69, 9.17) is 19.0 Å². The number of aromatic nitrogens is 2. The molecule has 1 aromatic carbocycles. The Labute approximate surface area is 173 Å². The van der Waals surface area contributed by atoms with Gasteiger partial charge in [0.2, 0.25) is 5.57 Å². The zero-order valence-corrected chi connectivity index (χ0v) is 19.2. The van der Waals surface area contributed by atoms with E-state index in [0.717, 1.165) is 42.1 Å². The molecule has 2 aromatic rings. The van der Waals surface area contributed by atoms with Crippen molar-refractivity contribution in [2.45, 2.75) is 78.3 Å². The van der Waals surface area contributed by atoms with Crippen LogP contribution in [-0.4, -0.2) is 28.3 Å². The molecule has 7 heteroatoms. The van der Waals surface area contributed by atoms with Crippen LogP contribution < -0.4 is 11.1 Å². The number of benzene rings is 1. The van der Waals surface area contributed by atoms with Crippen LogP contribution in [0.15, 0.2) is 29.3 Å². The van der Waals surface area contributed by atoms with E-state index in [1.54, 1.807) is 0 Å². The van der Waals surface area contributed by atoms with E-state index in [0.29, 0.717) is 18.8 Å². The zero-order chi connectivity index (χ0) is 21.1. The van der Waals surface area contributed by atoms with Crippen molar-refractivity contribution in [2.75, 3.05) is 13.2 Å². The molecule has 160 valence electrons. The van der Waals surface area contributed by atoms with E-state index in [9.17, 15) is 4.57 Å². The van der Waals surface area contributed by atoms with Crippen LogP contribution in [0.4, 0.5) is 0 Å². The summed E-state index contributed by atoms with van der Waals surface area (Å²) in [6.07, 6.45) is 5.55. The highest BCUT2D eigenvalue weighted by molar-refractivity contribution is 7.61. The molecule has 0 bridgehead atoms. The molecule has 0 aliphatic heterocycles. The summed E-state index contributed by atoms with van der Waals surface area (Å²) in [4.78, 5) is 9.92. The van der Waals surface area contributed by atoms with E-state index in [2.05, 4.69) is 25.3 Å². The Morgan fingerprint density at radius 1 is 1.10 bits per heavy atom. The van der Waals surface area contributed by atoms with Gasteiger partial charge in [-0.2, -0.15) is 0 Å². The van der Waals surface area contributed by atoms with Crippen LogP contribution in [0.25, 0.3) is 10.9 Å². The maximum atomic E-state index is 13.9. The van der Waals surface area contributed by atoms with Gasteiger partial charge in [-0.15, -0.1) is 0 Å². The first-order chi connectivity index (χ1) is 13.8. The minimum absolute atomic E-state index is 0.186. The molecule has 1 aliphatic rings. The van der Waals surface area contributed by atoms with Crippen molar-refractivity contribution in [3.05, 3.63) is 29.8 Å². The molecule has 1 saturated carbocycles. The van der Waals surface area contributed by atoms with E-state index in [-0.39, 0.29) is 11.6 Å². The van der Waals surface area contributed by atoms with Gasteiger partial charge in [0.15, 0.2) is 0 Å². The lowest BCUT2D eigenvalue weighted by molar-refractivity contribution is 0.225. The quantitative estimate of drug-likeness (QED) is 0.609. The normalized spacial score (nSPS) is 17.2. The third-order valence-corrected chi connectivity index (χ3v) is 7.03. The van der Waals surface area contributed by atoms with Gasteiger partial charge in [-0.1, -0.05) is 31.4 Å². The first-order valence-corrected chi connectivity index (χ1v) is 12.3. The lowest BCUT2D eigenvalue weighted by Gasteiger charge is -2.30. The predicted octanol–water partition coefficient (Wildman–Crippen LogP) is 5.13. The number of rotatable bonds is 6. The molecule has 0 saturated heterocycles. The summed E-state index contributed by atoms with van der Waals surface area (Å²) in [6.45, 7) is 10.5. The molecule has 6 nitrogen and oxygen atoms in total. The summed E-state index contributed by atoms with van der Waals surface area (Å²) in [6, 6.07) is 8.11. The predicted molar refractivity (Wildman–Crippen MR) is 118 cm³/mol. The van der Waals surface area contributed by atoms with Crippen molar-refractivity contribution in [1.29, 1.82) is 0 Å². The lowest BCUT2D eigenvalue weighted by atomic mass is 9.95. The van der Waals surface area contributed by atoms with Gasteiger partial charge in [0.25, 0.3) is 0 Å². The van der Waals surface area contributed by atoms with Crippen LogP contribution in [0.5, 0.6) is 0 Å². The van der Waals surface area contributed by atoms with E-state index < -0.39 is 7.60 Å². The van der Waals surface area contributed by atoms with E-state index in [1.807, 2.05) is 38.1 Å². The summed E-state index contributed by atoms with van der Waals surface area (Å²) < 4.78 is 27.4. The van der Waals surface area contributed by atoms with Crippen LogP contribution in [0.2, 0.25) is 0 Å². The summed E-state index contributed by atoms with van der Waals surface area (Å²) in [5.74, 6) is 0. The third kappa shape index (κ3) is 4.99. The molecule has 1 heterocycles. The molecule has 0 unspecified atom stereocenters. The van der Waals surface area contributed by atoms with E-state index >= 15 is 0 Å². The second-order valence-electron chi connectivity index (χ2n) is 8.53. The molecule has 1 fully saturated rings. The minimum Gasteiger partial charge on any atom is -0.303 e. The fraction of sp³-hybridized carbons (Fsp3) is 0.636. The van der Waals surface area contributed by atoms with Crippen LogP contribution in [0.3, 0.4) is 0 Å². The van der Waals surface area contributed by atoms with Crippen LogP contribution in [0, 0.1) is 0 Å². The highest BCUT2D eigenvalue weighted by atomic mass is 31.2. The molecule has 0 N–H and O–H groups in total. The van der Waals surface area contributed by atoms with Crippen LogP contribution >= 0.6 is 7.60 Å². The average molecular weight is 420 g/mol. The number of nitrogens with zero attached hydrogens (tertiary/aromatic N) is 3. The maximum absolute atomic E-state index is 13.9. The summed E-state index contributed by atoms with van der Waals surface area (Å²) in [5.41, 5.74) is 1.68. The number of hydrogen-bond acceptors (Lipinski definition) is 5. The van der Waals surface area contributed by atoms with Gasteiger partial charge in [0.1, 0.15) is 5.49 Å². The SMILES string of the molecule is CCOP(=O)(OCC)c1nc2ccccc2c(=NC(C)(C)C)n1C1CCCCC1. The average Bonchev–Trinajstić information content (AvgIpc) is 2.67. The largest absolute Gasteiger partial charge is 0.396 e. The number of hydrogen-bond donors (Lipinski definition) is 0. The lowest BCUT2D eigenvalue weighted by Crippen LogP contribution is -2.41. The molecular formula is C22H34N3O3P. The molecule has 29 heavy (non-hydrogen) atoms. The monoisotopic (exact) mass is 419 g/mol. The Hall–Kier alpha value is -1.49. The van der Waals surface area contributed by atoms with Gasteiger partial charge >= 0.3 is 7.60 Å². The third-order valence-electron chi connectivity index (χ3n) is 5.03. The van der Waals surface area contributed by atoms with Gasteiger partial charge in [0, 0.05) is 11.4 Å². The number of para-hydroxylation sites is 1. The van der Waals surface area contributed by atoms with Crippen LogP contribution in [-0.2, 0) is 13.6 Å². The van der Waals surface area contributed by atoms with E-state index in [1.165, 1.54) is 6.42 Å². The van der Waals surface area contributed by atoms with Crippen molar-refractivity contribution < 1.29 is 13.6 Å². The second kappa shape index (κ2) is 9.11. The Morgan fingerprint density at radius 2 is 1.72 bits per heavy atom. The van der Waals surface area contributed by atoms with Crippen molar-refractivity contribution in [2.24, 2.45) is 4.99 Å². The zero-order valence-electron chi connectivity index (χ0n) is 18.4. The fourth-order valence-corrected chi connectivity index (χ4v) is 5.68. The van der Waals surface area contributed by atoms with Crippen molar-refractivity contribution in [3.8, 4) is 0 Å². The number of fused-ring (bicyclic) bond motifs is 1. The van der Waals surface area contributed by atoms with Crippen molar-refractivity contribution >= 4 is 24.1 Å². The van der Waals surface area contributed by atoms with Crippen molar-refractivity contribution in [3.63, 3.8) is 0 Å². The molecule has 0 radical (unpaired) electrons. The Bertz CT molecular complexity index is 946. The van der Waals surface area contributed by atoms with Gasteiger partial charge < -0.3 is 13.6 Å². The second-order valence-corrected chi connectivity index (χ2v) is 10.4. The van der Waals surface area contributed by atoms with Crippen LogP contribution in [0.1, 0.15) is 72.8 Å². The highest BCUT2D eigenvalue weighted by Crippen LogP contribution is 2.47. The molecular weight excluding hydrogens is 385 g/mol. The molecule has 3 rings (SSSR count). The molecule has 0 atom stereocenters. The fourth-order valence-electron chi connectivity index (χ4n) is 3.94. The van der Waals surface area contributed by atoms with Gasteiger partial charge in [0.05, 0.1) is 24.3 Å². The summed E-state index contributed by atoms with van der Waals surface area (Å²) in [7, 11) is -3.58. The standard InChI is InChI=1S/C22H34N3O3P/c1-6-27-29(26,28-7-2)21-23-19-16-12-11-15-18(19)20(24-22(3,4)5)25(21)17-13-9-8-10-14-17/h11-12,15-17H,6-10,13-14H2,1-5H3. The topological polar surface area (TPSA) is 65.7 Å². The smallest absolute Gasteiger partial charge is 0.303 e. The Morgan fingerprint density at radius 3 is 2.31 bits per heavy atom. The van der Waals surface area contributed by atoms with Crippen molar-refractivity contribution in [1.82, 2.24) is 9.55 Å².